The third kappa shape index (κ3) is 2.84. The third-order valence-corrected chi connectivity index (χ3v) is 5.63. The van der Waals surface area contributed by atoms with Crippen molar-refractivity contribution >= 4 is 31.6 Å². The van der Waals surface area contributed by atoms with E-state index < -0.39 is 0 Å². The maximum Gasteiger partial charge on any atom is 0.266 e. The predicted molar refractivity (Wildman–Crippen MR) is 107 cm³/mol. The molecule has 0 amide bonds. The molecule has 0 aliphatic heterocycles. The fraction of sp³-hybridized carbons (Fsp3) is 0.190. The van der Waals surface area contributed by atoms with Crippen LogP contribution in [0.4, 0.5) is 0 Å². The molecule has 130 valence electrons. The van der Waals surface area contributed by atoms with E-state index in [2.05, 4.69) is 4.98 Å². The van der Waals surface area contributed by atoms with Crippen LogP contribution in [0.25, 0.3) is 20.3 Å². The van der Waals surface area contributed by atoms with Gasteiger partial charge in [-0.15, -0.1) is 11.3 Å². The highest BCUT2D eigenvalue weighted by atomic mass is 32.1. The van der Waals surface area contributed by atoms with Gasteiger partial charge in [0.25, 0.3) is 5.56 Å². The molecule has 5 heteroatoms. The zero-order chi connectivity index (χ0) is 18.1. The minimum atomic E-state index is -0.227. The standard InChI is InChI=1S/C21H18N2O2S/c1-2-17-22-20-18(19(24)15-10-6-7-11-16(15)26-20)21(25)23(17)13-12-14-8-4-3-5-9-14/h3-11H,2,12-13H2,1H3. The molecule has 26 heavy (non-hydrogen) atoms. The number of nitrogens with zero attached hydrogens (tertiary/aromatic N) is 2. The number of aromatic nitrogens is 2. The highest BCUT2D eigenvalue weighted by Gasteiger charge is 2.15. The van der Waals surface area contributed by atoms with Crippen LogP contribution >= 0.6 is 11.3 Å². The Hall–Kier alpha value is -2.79. The summed E-state index contributed by atoms with van der Waals surface area (Å²) in [4.78, 5) is 31.2. The first-order valence-corrected chi connectivity index (χ1v) is 9.50. The Morgan fingerprint density at radius 1 is 1.00 bits per heavy atom. The second-order valence-electron chi connectivity index (χ2n) is 6.18. The molecule has 2 aromatic heterocycles. The lowest BCUT2D eigenvalue weighted by Crippen LogP contribution is -2.29. The summed E-state index contributed by atoms with van der Waals surface area (Å²) in [7, 11) is 0. The van der Waals surface area contributed by atoms with Crippen LogP contribution in [0.5, 0.6) is 0 Å². The summed E-state index contributed by atoms with van der Waals surface area (Å²) in [6.07, 6.45) is 1.37. The van der Waals surface area contributed by atoms with Gasteiger partial charge in [0, 0.05) is 23.1 Å². The van der Waals surface area contributed by atoms with Gasteiger partial charge in [-0.25, -0.2) is 4.98 Å². The van der Waals surface area contributed by atoms with Crippen molar-refractivity contribution in [2.75, 3.05) is 0 Å². The average Bonchev–Trinajstić information content (AvgIpc) is 2.67. The predicted octanol–water partition coefficient (Wildman–Crippen LogP) is 3.78. The normalized spacial score (nSPS) is 11.3. The summed E-state index contributed by atoms with van der Waals surface area (Å²) in [5.74, 6) is 0.726. The maximum atomic E-state index is 13.1. The van der Waals surface area contributed by atoms with E-state index in [0.717, 1.165) is 22.5 Å². The van der Waals surface area contributed by atoms with Gasteiger partial charge in [-0.3, -0.25) is 14.2 Å². The van der Waals surface area contributed by atoms with Crippen LogP contribution in [0.1, 0.15) is 18.3 Å². The van der Waals surface area contributed by atoms with Crippen molar-refractivity contribution in [3.8, 4) is 0 Å². The van der Waals surface area contributed by atoms with Gasteiger partial charge in [0.1, 0.15) is 16.0 Å². The Morgan fingerprint density at radius 3 is 2.50 bits per heavy atom. The lowest BCUT2D eigenvalue weighted by atomic mass is 10.1. The molecule has 4 aromatic rings. The molecule has 0 saturated heterocycles. The third-order valence-electron chi connectivity index (χ3n) is 4.56. The van der Waals surface area contributed by atoms with Crippen molar-refractivity contribution in [2.45, 2.75) is 26.3 Å². The lowest BCUT2D eigenvalue weighted by molar-refractivity contribution is 0.622. The maximum absolute atomic E-state index is 13.1. The van der Waals surface area contributed by atoms with E-state index in [-0.39, 0.29) is 16.4 Å². The quantitative estimate of drug-likeness (QED) is 0.519. The van der Waals surface area contributed by atoms with E-state index in [1.807, 2.05) is 55.5 Å². The number of benzene rings is 2. The van der Waals surface area contributed by atoms with E-state index in [1.54, 1.807) is 10.6 Å². The summed E-state index contributed by atoms with van der Waals surface area (Å²) in [6.45, 7) is 2.50. The molecule has 0 fully saturated rings. The van der Waals surface area contributed by atoms with E-state index in [1.165, 1.54) is 11.3 Å². The molecule has 4 nitrogen and oxygen atoms in total. The van der Waals surface area contributed by atoms with Crippen molar-refractivity contribution in [3.05, 3.63) is 86.6 Å². The van der Waals surface area contributed by atoms with Crippen LogP contribution < -0.4 is 11.0 Å². The molecule has 0 bridgehead atoms. The van der Waals surface area contributed by atoms with Gasteiger partial charge in [0.05, 0.1) is 0 Å². The van der Waals surface area contributed by atoms with Gasteiger partial charge in [-0.2, -0.15) is 0 Å². The van der Waals surface area contributed by atoms with Gasteiger partial charge in [-0.1, -0.05) is 49.4 Å². The Labute approximate surface area is 154 Å². The summed E-state index contributed by atoms with van der Waals surface area (Å²) < 4.78 is 2.53. The molecule has 0 unspecified atom stereocenters. The highest BCUT2D eigenvalue weighted by Crippen LogP contribution is 2.21. The van der Waals surface area contributed by atoms with Gasteiger partial charge >= 0.3 is 0 Å². The number of hydrogen-bond donors (Lipinski definition) is 0. The fourth-order valence-corrected chi connectivity index (χ4v) is 4.27. The Kier molecular flexibility index (Phi) is 4.39. The van der Waals surface area contributed by atoms with Gasteiger partial charge in [-0.05, 0) is 24.1 Å². The van der Waals surface area contributed by atoms with Crippen molar-refractivity contribution < 1.29 is 0 Å². The number of aryl methyl sites for hydroxylation is 2. The Balaban J connectivity index is 1.91. The molecular weight excluding hydrogens is 344 g/mol. The first kappa shape index (κ1) is 16.7. The Morgan fingerprint density at radius 2 is 1.73 bits per heavy atom. The van der Waals surface area contributed by atoms with Crippen molar-refractivity contribution in [3.63, 3.8) is 0 Å². The molecule has 4 rings (SSSR count). The van der Waals surface area contributed by atoms with E-state index >= 15 is 0 Å². The number of rotatable bonds is 4. The average molecular weight is 362 g/mol. The molecule has 2 heterocycles. The molecule has 0 saturated carbocycles. The minimum Gasteiger partial charge on any atom is -0.296 e. The summed E-state index contributed by atoms with van der Waals surface area (Å²) >= 11 is 1.41. The second kappa shape index (κ2) is 6.84. The molecule has 0 aliphatic rings. The first-order chi connectivity index (χ1) is 12.7. The van der Waals surface area contributed by atoms with Crippen molar-refractivity contribution in [1.82, 2.24) is 9.55 Å². The molecule has 0 atom stereocenters. The minimum absolute atomic E-state index is 0.207. The van der Waals surface area contributed by atoms with Crippen LogP contribution in [0.2, 0.25) is 0 Å². The van der Waals surface area contributed by atoms with Gasteiger partial charge in [0.2, 0.25) is 5.43 Å². The monoisotopic (exact) mass is 362 g/mol. The van der Waals surface area contributed by atoms with E-state index in [0.29, 0.717) is 23.2 Å². The highest BCUT2D eigenvalue weighted by molar-refractivity contribution is 7.24. The molecule has 0 spiro atoms. The van der Waals surface area contributed by atoms with Crippen LogP contribution in [-0.4, -0.2) is 9.55 Å². The fourth-order valence-electron chi connectivity index (χ4n) is 3.21. The first-order valence-electron chi connectivity index (χ1n) is 8.68. The molecule has 2 aromatic carbocycles. The zero-order valence-corrected chi connectivity index (χ0v) is 15.3. The van der Waals surface area contributed by atoms with Gasteiger partial charge < -0.3 is 0 Å². The molecule has 0 N–H and O–H groups in total. The second-order valence-corrected chi connectivity index (χ2v) is 7.21. The largest absolute Gasteiger partial charge is 0.296 e. The van der Waals surface area contributed by atoms with E-state index in [4.69, 9.17) is 0 Å². The van der Waals surface area contributed by atoms with Crippen molar-refractivity contribution in [2.24, 2.45) is 0 Å². The van der Waals surface area contributed by atoms with Gasteiger partial charge in [0.15, 0.2) is 0 Å². The van der Waals surface area contributed by atoms with Crippen molar-refractivity contribution in [1.29, 1.82) is 0 Å². The zero-order valence-electron chi connectivity index (χ0n) is 14.4. The van der Waals surface area contributed by atoms with E-state index in [9.17, 15) is 9.59 Å². The number of hydrogen-bond acceptors (Lipinski definition) is 4. The molecule has 0 radical (unpaired) electrons. The summed E-state index contributed by atoms with van der Waals surface area (Å²) in [5, 5.41) is 0.793. The number of fused-ring (bicyclic) bond motifs is 2. The smallest absolute Gasteiger partial charge is 0.266 e. The Bertz CT molecular complexity index is 1210. The summed E-state index contributed by atoms with van der Waals surface area (Å²) in [5.41, 5.74) is 0.711. The summed E-state index contributed by atoms with van der Waals surface area (Å²) in [6, 6.07) is 17.4. The van der Waals surface area contributed by atoms with Crippen LogP contribution in [0.15, 0.2) is 64.2 Å². The molecular formula is C21H18N2O2S. The SMILES string of the molecule is CCc1nc2sc3ccccc3c(=O)c2c(=O)n1CCc1ccccc1. The topological polar surface area (TPSA) is 52.0 Å². The lowest BCUT2D eigenvalue weighted by Gasteiger charge is -2.12. The molecule has 0 aliphatic carbocycles. The van der Waals surface area contributed by atoms with Crippen LogP contribution in [0.3, 0.4) is 0 Å². The van der Waals surface area contributed by atoms with Crippen LogP contribution in [0, 0.1) is 0 Å². The van der Waals surface area contributed by atoms with Crippen LogP contribution in [-0.2, 0) is 19.4 Å².